The molecule has 0 spiro atoms. The smallest absolute Gasteiger partial charge is 0.0380 e. The van der Waals surface area contributed by atoms with E-state index in [2.05, 4.69) is 29.8 Å². The maximum absolute atomic E-state index is 2.58. The number of likely N-dealkylation sites (N-methyl/N-ethyl adjacent to an activating group) is 1. The lowest BCUT2D eigenvalue weighted by atomic mass is 10.2. The largest absolute Gasteiger partial charge is 0.377 e. The Hall–Kier alpha value is -0.500. The summed E-state index contributed by atoms with van der Waals surface area (Å²) >= 11 is 0. The normalized spacial score (nSPS) is 29.8. The third kappa shape index (κ3) is 2.05. The van der Waals surface area contributed by atoms with Crippen molar-refractivity contribution in [3.63, 3.8) is 0 Å². The van der Waals surface area contributed by atoms with Crippen LogP contribution in [0.1, 0.15) is 19.8 Å². The first-order valence-electron chi connectivity index (χ1n) is 5.38. The Bertz CT molecular complexity index is 210. The second-order valence-corrected chi connectivity index (χ2v) is 4.53. The summed E-state index contributed by atoms with van der Waals surface area (Å²) in [5, 5.41) is 0. The van der Waals surface area contributed by atoms with E-state index in [1.807, 2.05) is 0 Å². The molecule has 0 radical (unpaired) electrons. The standard InChI is InChI=1S/C11H20N2/c1-10-5-7-13(8-10)9-11-4-3-6-12(11)2/h4,10H,3,5-9H2,1-2H3. The molecule has 1 unspecified atom stereocenters. The molecule has 0 aromatic rings. The van der Waals surface area contributed by atoms with Gasteiger partial charge in [-0.1, -0.05) is 13.0 Å². The van der Waals surface area contributed by atoms with E-state index in [0.717, 1.165) is 5.92 Å². The Kier molecular flexibility index (Phi) is 2.58. The third-order valence-electron chi connectivity index (χ3n) is 3.23. The van der Waals surface area contributed by atoms with Crippen LogP contribution in [0.15, 0.2) is 11.8 Å². The first kappa shape index (κ1) is 9.07. The topological polar surface area (TPSA) is 6.48 Å². The van der Waals surface area contributed by atoms with Crippen molar-refractivity contribution in [2.75, 3.05) is 33.2 Å². The van der Waals surface area contributed by atoms with Gasteiger partial charge in [0.1, 0.15) is 0 Å². The number of likely N-dealkylation sites (tertiary alicyclic amines) is 1. The number of hydrogen-bond acceptors (Lipinski definition) is 2. The quantitative estimate of drug-likeness (QED) is 0.636. The SMILES string of the molecule is CC1CCN(CC2=CCCN2C)C1. The molecular formula is C11H20N2. The fraction of sp³-hybridized carbons (Fsp3) is 0.818. The van der Waals surface area contributed by atoms with E-state index < -0.39 is 0 Å². The number of hydrogen-bond donors (Lipinski definition) is 0. The predicted molar refractivity (Wildman–Crippen MR) is 55.6 cm³/mol. The average molecular weight is 180 g/mol. The molecule has 13 heavy (non-hydrogen) atoms. The molecule has 0 aliphatic carbocycles. The van der Waals surface area contributed by atoms with E-state index in [1.165, 1.54) is 44.7 Å². The van der Waals surface area contributed by atoms with Gasteiger partial charge >= 0.3 is 0 Å². The van der Waals surface area contributed by atoms with Crippen LogP contribution in [-0.2, 0) is 0 Å². The third-order valence-corrected chi connectivity index (χ3v) is 3.23. The highest BCUT2D eigenvalue weighted by Crippen LogP contribution is 2.19. The summed E-state index contributed by atoms with van der Waals surface area (Å²) in [7, 11) is 2.21. The Morgan fingerprint density at radius 3 is 2.85 bits per heavy atom. The van der Waals surface area contributed by atoms with Gasteiger partial charge in [-0.25, -0.2) is 0 Å². The molecule has 0 saturated carbocycles. The average Bonchev–Trinajstić information content (AvgIpc) is 2.64. The van der Waals surface area contributed by atoms with Crippen molar-refractivity contribution in [3.05, 3.63) is 11.8 Å². The molecule has 2 aliphatic rings. The lowest BCUT2D eigenvalue weighted by Crippen LogP contribution is -2.28. The van der Waals surface area contributed by atoms with Crippen LogP contribution in [0.25, 0.3) is 0 Å². The molecule has 74 valence electrons. The first-order valence-corrected chi connectivity index (χ1v) is 5.38. The molecule has 0 aromatic carbocycles. The number of nitrogens with zero attached hydrogens (tertiary/aromatic N) is 2. The molecule has 2 nitrogen and oxygen atoms in total. The Morgan fingerprint density at radius 1 is 1.46 bits per heavy atom. The van der Waals surface area contributed by atoms with E-state index in [9.17, 15) is 0 Å². The molecule has 0 bridgehead atoms. The summed E-state index contributed by atoms with van der Waals surface area (Å²) in [5.74, 6) is 0.910. The Morgan fingerprint density at radius 2 is 2.31 bits per heavy atom. The van der Waals surface area contributed by atoms with Crippen LogP contribution in [0.5, 0.6) is 0 Å². The fourth-order valence-electron chi connectivity index (χ4n) is 2.31. The molecule has 2 heterocycles. The molecular weight excluding hydrogens is 160 g/mol. The van der Waals surface area contributed by atoms with E-state index in [4.69, 9.17) is 0 Å². The molecule has 0 N–H and O–H groups in total. The van der Waals surface area contributed by atoms with E-state index >= 15 is 0 Å². The van der Waals surface area contributed by atoms with Gasteiger partial charge in [-0.15, -0.1) is 0 Å². The van der Waals surface area contributed by atoms with Gasteiger partial charge in [0.25, 0.3) is 0 Å². The molecule has 2 rings (SSSR count). The van der Waals surface area contributed by atoms with E-state index in [-0.39, 0.29) is 0 Å². The predicted octanol–water partition coefficient (Wildman–Crippen LogP) is 1.55. The zero-order chi connectivity index (χ0) is 9.26. The van der Waals surface area contributed by atoms with Gasteiger partial charge in [-0.3, -0.25) is 4.90 Å². The first-order chi connectivity index (χ1) is 6.25. The molecule has 1 atom stereocenters. The Balaban J connectivity index is 1.84. The lowest BCUT2D eigenvalue weighted by molar-refractivity contribution is 0.316. The van der Waals surface area contributed by atoms with Gasteiger partial charge in [0.2, 0.25) is 0 Å². The van der Waals surface area contributed by atoms with Crippen LogP contribution in [-0.4, -0.2) is 43.0 Å². The van der Waals surface area contributed by atoms with Gasteiger partial charge < -0.3 is 4.90 Å². The summed E-state index contributed by atoms with van der Waals surface area (Å²) in [4.78, 5) is 4.97. The van der Waals surface area contributed by atoms with Crippen LogP contribution in [0.2, 0.25) is 0 Å². The minimum atomic E-state index is 0.910. The number of rotatable bonds is 2. The fourth-order valence-corrected chi connectivity index (χ4v) is 2.31. The van der Waals surface area contributed by atoms with Gasteiger partial charge in [0, 0.05) is 32.4 Å². The van der Waals surface area contributed by atoms with Gasteiger partial charge in [0.15, 0.2) is 0 Å². The highest BCUT2D eigenvalue weighted by atomic mass is 15.2. The summed E-state index contributed by atoms with van der Waals surface area (Å²) in [6.45, 7) is 7.35. The molecule has 0 amide bonds. The van der Waals surface area contributed by atoms with Crippen LogP contribution >= 0.6 is 0 Å². The summed E-state index contributed by atoms with van der Waals surface area (Å²) < 4.78 is 0. The van der Waals surface area contributed by atoms with Crippen molar-refractivity contribution in [1.82, 2.24) is 9.80 Å². The zero-order valence-electron chi connectivity index (χ0n) is 8.79. The second-order valence-electron chi connectivity index (χ2n) is 4.53. The summed E-state index contributed by atoms with van der Waals surface area (Å²) in [5.41, 5.74) is 1.54. The zero-order valence-corrected chi connectivity index (χ0v) is 8.79. The highest BCUT2D eigenvalue weighted by molar-refractivity contribution is 5.08. The second kappa shape index (κ2) is 3.70. The molecule has 1 fully saturated rings. The minimum Gasteiger partial charge on any atom is -0.377 e. The Labute approximate surface area is 81.2 Å². The molecule has 0 aromatic heterocycles. The molecule has 2 heteroatoms. The van der Waals surface area contributed by atoms with Gasteiger partial charge in [0.05, 0.1) is 0 Å². The van der Waals surface area contributed by atoms with Crippen LogP contribution in [0.4, 0.5) is 0 Å². The highest BCUT2D eigenvalue weighted by Gasteiger charge is 2.21. The van der Waals surface area contributed by atoms with Crippen molar-refractivity contribution in [3.8, 4) is 0 Å². The summed E-state index contributed by atoms with van der Waals surface area (Å²) in [6, 6.07) is 0. The van der Waals surface area contributed by atoms with Crippen LogP contribution < -0.4 is 0 Å². The van der Waals surface area contributed by atoms with E-state index in [0.29, 0.717) is 0 Å². The van der Waals surface area contributed by atoms with Crippen molar-refractivity contribution < 1.29 is 0 Å². The van der Waals surface area contributed by atoms with Crippen LogP contribution in [0, 0.1) is 5.92 Å². The van der Waals surface area contributed by atoms with Gasteiger partial charge in [-0.05, 0) is 25.3 Å². The van der Waals surface area contributed by atoms with Crippen LogP contribution in [0.3, 0.4) is 0 Å². The van der Waals surface area contributed by atoms with Crippen molar-refractivity contribution in [1.29, 1.82) is 0 Å². The van der Waals surface area contributed by atoms with Crippen molar-refractivity contribution >= 4 is 0 Å². The minimum absolute atomic E-state index is 0.910. The van der Waals surface area contributed by atoms with Crippen molar-refractivity contribution in [2.24, 2.45) is 5.92 Å². The molecule has 1 saturated heterocycles. The monoisotopic (exact) mass is 180 g/mol. The lowest BCUT2D eigenvalue weighted by Gasteiger charge is -2.22. The maximum atomic E-state index is 2.58. The van der Waals surface area contributed by atoms with Crippen molar-refractivity contribution in [2.45, 2.75) is 19.8 Å². The maximum Gasteiger partial charge on any atom is 0.0380 e. The van der Waals surface area contributed by atoms with Gasteiger partial charge in [-0.2, -0.15) is 0 Å². The van der Waals surface area contributed by atoms with E-state index in [1.54, 1.807) is 0 Å². The summed E-state index contributed by atoms with van der Waals surface area (Å²) in [6.07, 6.45) is 5.02. The molecule has 2 aliphatic heterocycles.